The Labute approximate surface area is 197 Å². The summed E-state index contributed by atoms with van der Waals surface area (Å²) in [4.78, 5) is 44.0. The lowest BCUT2D eigenvalue weighted by Gasteiger charge is -2.24. The topological polar surface area (TPSA) is 106 Å². The fourth-order valence-electron chi connectivity index (χ4n) is 3.95. The SMILES string of the molecule is COc1ccc(NC(=O)C2CCCN2C(=O)c2cccc(NC(=O)CCn3ccnc3)c2)cc1. The van der Waals surface area contributed by atoms with Crippen LogP contribution >= 0.6 is 0 Å². The first-order valence-electron chi connectivity index (χ1n) is 11.1. The summed E-state index contributed by atoms with van der Waals surface area (Å²) < 4.78 is 6.96. The number of carbonyl (C=O) groups is 3. The van der Waals surface area contributed by atoms with Crippen molar-refractivity contribution in [3.63, 3.8) is 0 Å². The number of nitrogens with one attached hydrogen (secondary N) is 2. The molecule has 1 aliphatic rings. The Morgan fingerprint density at radius 1 is 1.09 bits per heavy atom. The van der Waals surface area contributed by atoms with Gasteiger partial charge in [-0.1, -0.05) is 6.07 Å². The molecule has 0 radical (unpaired) electrons. The van der Waals surface area contributed by atoms with Crippen LogP contribution in [0.15, 0.2) is 67.3 Å². The van der Waals surface area contributed by atoms with Gasteiger partial charge in [0, 0.05) is 48.8 Å². The normalized spacial score (nSPS) is 15.1. The van der Waals surface area contributed by atoms with Crippen LogP contribution in [-0.4, -0.2) is 51.9 Å². The second kappa shape index (κ2) is 10.7. The Balaban J connectivity index is 1.38. The number of benzene rings is 2. The molecule has 0 aliphatic carbocycles. The van der Waals surface area contributed by atoms with E-state index in [1.54, 1.807) is 79.3 Å². The summed E-state index contributed by atoms with van der Waals surface area (Å²) in [5, 5.41) is 5.72. The van der Waals surface area contributed by atoms with E-state index in [-0.39, 0.29) is 24.1 Å². The highest BCUT2D eigenvalue weighted by Crippen LogP contribution is 2.24. The number of ether oxygens (including phenoxy) is 1. The van der Waals surface area contributed by atoms with E-state index in [9.17, 15) is 14.4 Å². The van der Waals surface area contributed by atoms with Crippen LogP contribution in [0.3, 0.4) is 0 Å². The minimum atomic E-state index is -0.553. The Morgan fingerprint density at radius 2 is 1.91 bits per heavy atom. The van der Waals surface area contributed by atoms with Gasteiger partial charge in [0.1, 0.15) is 11.8 Å². The summed E-state index contributed by atoms with van der Waals surface area (Å²) in [6.07, 6.45) is 6.74. The van der Waals surface area contributed by atoms with E-state index < -0.39 is 6.04 Å². The average Bonchev–Trinajstić information content (AvgIpc) is 3.55. The summed E-state index contributed by atoms with van der Waals surface area (Å²) in [5.74, 6) is 0.0856. The first-order chi connectivity index (χ1) is 16.5. The van der Waals surface area contributed by atoms with Crippen LogP contribution < -0.4 is 15.4 Å². The zero-order chi connectivity index (χ0) is 23.9. The molecule has 1 unspecified atom stereocenters. The average molecular weight is 462 g/mol. The number of methoxy groups -OCH3 is 1. The van der Waals surface area contributed by atoms with Gasteiger partial charge in [0.2, 0.25) is 11.8 Å². The second-order valence-corrected chi connectivity index (χ2v) is 8.05. The number of imidazole rings is 1. The number of carbonyl (C=O) groups excluding carboxylic acids is 3. The predicted molar refractivity (Wildman–Crippen MR) is 128 cm³/mol. The minimum absolute atomic E-state index is 0.156. The van der Waals surface area contributed by atoms with Crippen LogP contribution in [0.2, 0.25) is 0 Å². The lowest BCUT2D eigenvalue weighted by molar-refractivity contribution is -0.119. The van der Waals surface area contributed by atoms with Crippen molar-refractivity contribution in [2.24, 2.45) is 0 Å². The van der Waals surface area contributed by atoms with Crippen molar-refractivity contribution in [2.75, 3.05) is 24.3 Å². The summed E-state index contributed by atoms with van der Waals surface area (Å²) in [6, 6.07) is 13.3. The molecule has 0 bridgehead atoms. The van der Waals surface area contributed by atoms with Gasteiger partial charge in [-0.05, 0) is 55.3 Å². The monoisotopic (exact) mass is 461 g/mol. The molecule has 0 spiro atoms. The molecule has 34 heavy (non-hydrogen) atoms. The summed E-state index contributed by atoms with van der Waals surface area (Å²) >= 11 is 0. The molecule has 4 rings (SSSR count). The van der Waals surface area contributed by atoms with Crippen LogP contribution in [-0.2, 0) is 16.1 Å². The Bertz CT molecular complexity index is 1140. The van der Waals surface area contributed by atoms with Gasteiger partial charge in [-0.2, -0.15) is 0 Å². The van der Waals surface area contributed by atoms with Crippen molar-refractivity contribution < 1.29 is 19.1 Å². The third-order valence-corrected chi connectivity index (χ3v) is 5.72. The highest BCUT2D eigenvalue weighted by molar-refractivity contribution is 6.02. The van der Waals surface area contributed by atoms with Crippen molar-refractivity contribution in [1.29, 1.82) is 0 Å². The standard InChI is InChI=1S/C25H27N5O4/c1-34-21-9-7-19(8-10-21)28-24(32)22-6-3-13-30(22)25(33)18-4-2-5-20(16-18)27-23(31)11-14-29-15-12-26-17-29/h2,4-5,7-10,12,15-17,22H,3,6,11,13-14H2,1H3,(H,27,31)(H,28,32). The van der Waals surface area contributed by atoms with Gasteiger partial charge >= 0.3 is 0 Å². The van der Waals surface area contributed by atoms with E-state index in [1.807, 2.05) is 4.57 Å². The molecule has 0 saturated carbocycles. The third-order valence-electron chi connectivity index (χ3n) is 5.72. The molecular formula is C25H27N5O4. The highest BCUT2D eigenvalue weighted by atomic mass is 16.5. The van der Waals surface area contributed by atoms with Crippen LogP contribution in [0.5, 0.6) is 5.75 Å². The zero-order valence-corrected chi connectivity index (χ0v) is 18.9. The van der Waals surface area contributed by atoms with Gasteiger partial charge in [-0.15, -0.1) is 0 Å². The number of aromatic nitrogens is 2. The molecule has 2 aromatic carbocycles. The molecule has 3 amide bonds. The number of hydrogen-bond acceptors (Lipinski definition) is 5. The van der Waals surface area contributed by atoms with Crippen LogP contribution in [0.1, 0.15) is 29.6 Å². The Hall–Kier alpha value is -4.14. The third kappa shape index (κ3) is 5.61. The van der Waals surface area contributed by atoms with Gasteiger partial charge < -0.3 is 24.8 Å². The van der Waals surface area contributed by atoms with E-state index in [0.717, 1.165) is 6.42 Å². The van der Waals surface area contributed by atoms with E-state index in [2.05, 4.69) is 15.6 Å². The van der Waals surface area contributed by atoms with Gasteiger partial charge in [0.05, 0.1) is 13.4 Å². The van der Waals surface area contributed by atoms with E-state index in [0.29, 0.717) is 42.2 Å². The van der Waals surface area contributed by atoms with Gasteiger partial charge in [0.25, 0.3) is 5.91 Å². The van der Waals surface area contributed by atoms with Crippen molar-refractivity contribution in [3.8, 4) is 5.75 Å². The first-order valence-corrected chi connectivity index (χ1v) is 11.1. The largest absolute Gasteiger partial charge is 0.497 e. The number of amides is 3. The van der Waals surface area contributed by atoms with E-state index in [4.69, 9.17) is 4.74 Å². The quantitative estimate of drug-likeness (QED) is 0.536. The zero-order valence-electron chi connectivity index (χ0n) is 18.9. The number of rotatable bonds is 8. The molecular weight excluding hydrogens is 434 g/mol. The van der Waals surface area contributed by atoms with Gasteiger partial charge in [-0.3, -0.25) is 14.4 Å². The van der Waals surface area contributed by atoms with Crippen molar-refractivity contribution >= 4 is 29.1 Å². The van der Waals surface area contributed by atoms with Gasteiger partial charge in [0.15, 0.2) is 0 Å². The predicted octanol–water partition coefficient (Wildman–Crippen LogP) is 3.16. The minimum Gasteiger partial charge on any atom is -0.497 e. The maximum absolute atomic E-state index is 13.2. The van der Waals surface area contributed by atoms with Crippen molar-refractivity contribution in [1.82, 2.24) is 14.5 Å². The molecule has 9 nitrogen and oxygen atoms in total. The fourth-order valence-corrected chi connectivity index (χ4v) is 3.95. The van der Waals surface area contributed by atoms with Crippen LogP contribution in [0.25, 0.3) is 0 Å². The van der Waals surface area contributed by atoms with Crippen molar-refractivity contribution in [2.45, 2.75) is 31.8 Å². The smallest absolute Gasteiger partial charge is 0.254 e. The fraction of sp³-hybridized carbons (Fsp3) is 0.280. The van der Waals surface area contributed by atoms with Crippen molar-refractivity contribution in [3.05, 3.63) is 72.8 Å². The lowest BCUT2D eigenvalue weighted by atomic mass is 10.1. The van der Waals surface area contributed by atoms with Crippen LogP contribution in [0, 0.1) is 0 Å². The molecule has 2 heterocycles. The highest BCUT2D eigenvalue weighted by Gasteiger charge is 2.34. The number of anilines is 2. The molecule has 3 aromatic rings. The van der Waals surface area contributed by atoms with E-state index >= 15 is 0 Å². The lowest BCUT2D eigenvalue weighted by Crippen LogP contribution is -2.43. The number of likely N-dealkylation sites (tertiary alicyclic amines) is 1. The first kappa shape index (κ1) is 23.0. The summed E-state index contributed by atoms with van der Waals surface area (Å²) in [7, 11) is 1.58. The Kier molecular flexibility index (Phi) is 7.22. The Morgan fingerprint density at radius 3 is 2.65 bits per heavy atom. The molecule has 1 fully saturated rings. The molecule has 1 aromatic heterocycles. The van der Waals surface area contributed by atoms with E-state index in [1.165, 1.54) is 0 Å². The number of aryl methyl sites for hydroxylation is 1. The molecule has 1 saturated heterocycles. The summed E-state index contributed by atoms with van der Waals surface area (Å²) in [6.45, 7) is 1.02. The van der Waals surface area contributed by atoms with Crippen LogP contribution in [0.4, 0.5) is 11.4 Å². The molecule has 1 aliphatic heterocycles. The number of hydrogen-bond donors (Lipinski definition) is 2. The number of nitrogens with zero attached hydrogens (tertiary/aromatic N) is 3. The molecule has 1 atom stereocenters. The molecule has 9 heteroatoms. The maximum Gasteiger partial charge on any atom is 0.254 e. The second-order valence-electron chi connectivity index (χ2n) is 8.05. The van der Waals surface area contributed by atoms with Gasteiger partial charge in [-0.25, -0.2) is 4.98 Å². The molecule has 176 valence electrons. The maximum atomic E-state index is 13.2. The summed E-state index contributed by atoms with van der Waals surface area (Å²) in [5.41, 5.74) is 1.61. The molecule has 2 N–H and O–H groups in total.